The Bertz CT molecular complexity index is 998. The summed E-state index contributed by atoms with van der Waals surface area (Å²) < 4.78 is 17.4. The summed E-state index contributed by atoms with van der Waals surface area (Å²) in [5.74, 6) is 1.18. The zero-order valence-electron chi connectivity index (χ0n) is 18.9. The highest BCUT2D eigenvalue weighted by Gasteiger charge is 2.29. The van der Waals surface area contributed by atoms with E-state index in [0.29, 0.717) is 22.7 Å². The van der Waals surface area contributed by atoms with Gasteiger partial charge in [0.1, 0.15) is 24.2 Å². The topological polar surface area (TPSA) is 97.3 Å². The fourth-order valence-electron chi connectivity index (χ4n) is 3.29. The number of benzene rings is 3. The molecule has 3 aromatic rings. The molecule has 0 heterocycles. The molecule has 1 amide bonds. The average molecular weight is 484 g/mol. The van der Waals surface area contributed by atoms with E-state index in [2.05, 4.69) is 5.32 Å². The smallest absolute Gasteiger partial charge is 0.412 e. The van der Waals surface area contributed by atoms with Crippen LogP contribution in [0.15, 0.2) is 83.8 Å². The largest absolute Gasteiger partial charge is 0.491 e. The van der Waals surface area contributed by atoms with Crippen LogP contribution in [0.5, 0.6) is 11.5 Å². The lowest BCUT2D eigenvalue weighted by Gasteiger charge is -2.28. The number of aliphatic hydroxyl groups is 2. The number of hydrogen-bond donors (Lipinski definition) is 3. The van der Waals surface area contributed by atoms with Crippen LogP contribution >= 0.6 is 11.8 Å². The first-order chi connectivity index (χ1) is 16.6. The van der Waals surface area contributed by atoms with Crippen molar-refractivity contribution >= 4 is 23.5 Å². The summed E-state index contributed by atoms with van der Waals surface area (Å²) in [5, 5.41) is 21.4. The second kappa shape index (κ2) is 13.5. The van der Waals surface area contributed by atoms with Crippen LogP contribution in [0.3, 0.4) is 0 Å². The minimum atomic E-state index is -0.801. The summed E-state index contributed by atoms with van der Waals surface area (Å²) in [6.45, 7) is -0.0524. The second-order valence-corrected chi connectivity index (χ2v) is 8.18. The Balaban J connectivity index is 1.82. The Morgan fingerprint density at radius 1 is 0.912 bits per heavy atom. The predicted octanol–water partition coefficient (Wildman–Crippen LogP) is 4.90. The molecule has 0 aliphatic rings. The van der Waals surface area contributed by atoms with Gasteiger partial charge in [-0.1, -0.05) is 30.3 Å². The van der Waals surface area contributed by atoms with Crippen molar-refractivity contribution in [3.63, 3.8) is 0 Å². The lowest BCUT2D eigenvalue weighted by molar-refractivity contribution is 0.00906. The molecule has 7 nitrogen and oxygen atoms in total. The number of rotatable bonds is 12. The van der Waals surface area contributed by atoms with E-state index >= 15 is 0 Å². The van der Waals surface area contributed by atoms with Gasteiger partial charge >= 0.3 is 6.09 Å². The molecule has 0 bridgehead atoms. The van der Waals surface area contributed by atoms with Crippen molar-refractivity contribution in [2.75, 3.05) is 31.4 Å². The van der Waals surface area contributed by atoms with Crippen LogP contribution < -0.4 is 14.8 Å². The molecule has 0 radical (unpaired) electrons. The molecule has 8 heteroatoms. The van der Waals surface area contributed by atoms with E-state index in [-0.39, 0.29) is 26.2 Å². The molecule has 2 atom stereocenters. The molecular weight excluding hydrogens is 454 g/mol. The maximum absolute atomic E-state index is 12.8. The van der Waals surface area contributed by atoms with Gasteiger partial charge < -0.3 is 24.4 Å². The van der Waals surface area contributed by atoms with E-state index in [9.17, 15) is 9.90 Å². The highest BCUT2D eigenvalue weighted by molar-refractivity contribution is 7.98. The highest BCUT2D eigenvalue weighted by atomic mass is 32.2. The fraction of sp³-hybridized carbons (Fsp3) is 0.269. The molecule has 0 saturated heterocycles. The van der Waals surface area contributed by atoms with Crippen molar-refractivity contribution in [3.8, 4) is 11.5 Å². The van der Waals surface area contributed by atoms with E-state index in [1.165, 1.54) is 0 Å². The number of amides is 1. The minimum absolute atomic E-state index is 0.0882. The molecular formula is C26H29NO6S. The van der Waals surface area contributed by atoms with Gasteiger partial charge in [0.2, 0.25) is 0 Å². The lowest BCUT2D eigenvalue weighted by atomic mass is 10.0. The number of ether oxygens (including phenoxy) is 3. The first kappa shape index (κ1) is 25.4. The summed E-state index contributed by atoms with van der Waals surface area (Å²) in [6, 6.07) is 23.6. The zero-order valence-corrected chi connectivity index (χ0v) is 19.7. The number of anilines is 1. The second-order valence-electron chi connectivity index (χ2n) is 7.30. The fourth-order valence-corrected chi connectivity index (χ4v) is 3.69. The van der Waals surface area contributed by atoms with Crippen molar-refractivity contribution in [2.24, 2.45) is 0 Å². The van der Waals surface area contributed by atoms with Gasteiger partial charge in [0.25, 0.3) is 0 Å². The van der Waals surface area contributed by atoms with Crippen molar-refractivity contribution in [3.05, 3.63) is 84.4 Å². The molecule has 3 rings (SSSR count). The van der Waals surface area contributed by atoms with Crippen molar-refractivity contribution < 1.29 is 29.2 Å². The van der Waals surface area contributed by atoms with Gasteiger partial charge in [0, 0.05) is 23.6 Å². The molecule has 0 spiro atoms. The summed E-state index contributed by atoms with van der Waals surface area (Å²) in [6.07, 6.45) is 0.154. The van der Waals surface area contributed by atoms with Crippen LogP contribution in [0.1, 0.15) is 18.1 Å². The molecule has 0 unspecified atom stereocenters. The Morgan fingerprint density at radius 3 is 2.24 bits per heavy atom. The molecule has 180 valence electrons. The number of para-hydroxylation sites is 1. The highest BCUT2D eigenvalue weighted by Crippen LogP contribution is 2.30. The number of thioether (sulfide) groups is 1. The number of carbonyl (C=O) groups is 1. The summed E-state index contributed by atoms with van der Waals surface area (Å²) in [5.41, 5.74) is 1.29. The number of aliphatic hydroxyl groups excluding tert-OH is 2. The van der Waals surface area contributed by atoms with E-state index in [0.717, 1.165) is 4.90 Å². The number of hydrogen-bond acceptors (Lipinski definition) is 7. The molecule has 0 aromatic heterocycles. The third-order valence-corrected chi connectivity index (χ3v) is 5.66. The Labute approximate surface area is 203 Å². The SMILES string of the molecule is CSc1ccc(NC(=O)O[C@@H](c2ccc(OCCO)cc2)[C@H](CCO)Oc2ccccc2)cc1. The van der Waals surface area contributed by atoms with Crippen molar-refractivity contribution in [1.29, 1.82) is 0 Å². The summed E-state index contributed by atoms with van der Waals surface area (Å²) in [4.78, 5) is 13.9. The van der Waals surface area contributed by atoms with Gasteiger partial charge in [0.05, 0.1) is 6.61 Å². The standard InChI is InChI=1S/C26H29NO6S/c1-34-23-13-9-20(10-14-23)27-26(30)33-25(19-7-11-21(12-8-19)31-18-17-29)24(15-16-28)32-22-5-3-2-4-6-22/h2-14,24-25,28-29H,15-18H2,1H3,(H,27,30)/t24-,25-/m0/s1. The molecule has 0 aliphatic heterocycles. The van der Waals surface area contributed by atoms with Gasteiger partial charge in [-0.05, 0) is 60.4 Å². The maximum atomic E-state index is 12.8. The van der Waals surface area contributed by atoms with E-state index in [4.69, 9.17) is 19.3 Å². The summed E-state index contributed by atoms with van der Waals surface area (Å²) >= 11 is 1.61. The van der Waals surface area contributed by atoms with E-state index < -0.39 is 18.3 Å². The normalized spacial score (nSPS) is 12.4. The molecule has 34 heavy (non-hydrogen) atoms. The van der Waals surface area contributed by atoms with E-state index in [1.807, 2.05) is 36.6 Å². The molecule has 3 aromatic carbocycles. The third kappa shape index (κ3) is 7.69. The lowest BCUT2D eigenvalue weighted by Crippen LogP contribution is -2.31. The predicted molar refractivity (Wildman–Crippen MR) is 133 cm³/mol. The zero-order chi connectivity index (χ0) is 24.2. The Morgan fingerprint density at radius 2 is 1.62 bits per heavy atom. The van der Waals surface area contributed by atoms with Crippen LogP contribution in [-0.4, -0.2) is 48.5 Å². The van der Waals surface area contributed by atoms with Crippen molar-refractivity contribution in [2.45, 2.75) is 23.5 Å². The molecule has 0 saturated carbocycles. The van der Waals surface area contributed by atoms with Gasteiger partial charge in [-0.25, -0.2) is 4.79 Å². The van der Waals surface area contributed by atoms with E-state index in [1.54, 1.807) is 60.3 Å². The van der Waals surface area contributed by atoms with Gasteiger partial charge in [-0.15, -0.1) is 11.8 Å². The van der Waals surface area contributed by atoms with Crippen LogP contribution in [0, 0.1) is 0 Å². The van der Waals surface area contributed by atoms with Crippen molar-refractivity contribution in [1.82, 2.24) is 0 Å². The van der Waals surface area contributed by atoms with Gasteiger partial charge in [-0.2, -0.15) is 0 Å². The average Bonchev–Trinajstić information content (AvgIpc) is 2.87. The third-order valence-electron chi connectivity index (χ3n) is 4.92. The van der Waals surface area contributed by atoms with Gasteiger partial charge in [-0.3, -0.25) is 5.32 Å². The molecule has 0 fully saturated rings. The first-order valence-corrected chi connectivity index (χ1v) is 12.1. The van der Waals surface area contributed by atoms with Crippen LogP contribution in [0.4, 0.5) is 10.5 Å². The maximum Gasteiger partial charge on any atom is 0.412 e. The summed E-state index contributed by atoms with van der Waals surface area (Å²) in [7, 11) is 0. The Kier molecular flexibility index (Phi) is 10.1. The van der Waals surface area contributed by atoms with Crippen LogP contribution in [0.25, 0.3) is 0 Å². The first-order valence-electron chi connectivity index (χ1n) is 10.9. The van der Waals surface area contributed by atoms with Crippen LogP contribution in [0.2, 0.25) is 0 Å². The molecule has 0 aliphatic carbocycles. The Hall–Kier alpha value is -3.20. The van der Waals surface area contributed by atoms with Gasteiger partial charge in [0.15, 0.2) is 6.10 Å². The minimum Gasteiger partial charge on any atom is -0.491 e. The quantitative estimate of drug-likeness (QED) is 0.315. The molecule has 3 N–H and O–H groups in total. The number of nitrogens with one attached hydrogen (secondary N) is 1. The van der Waals surface area contributed by atoms with Crippen LogP contribution in [-0.2, 0) is 4.74 Å². The monoisotopic (exact) mass is 483 g/mol. The number of carbonyl (C=O) groups excluding carboxylic acids is 1.